The summed E-state index contributed by atoms with van der Waals surface area (Å²) in [5.74, 6) is -0.0541. The van der Waals surface area contributed by atoms with E-state index in [1.165, 1.54) is 19.1 Å². The van der Waals surface area contributed by atoms with E-state index in [4.69, 9.17) is 4.52 Å². The van der Waals surface area contributed by atoms with Crippen LogP contribution >= 0.6 is 0 Å². The lowest BCUT2D eigenvalue weighted by atomic mass is 10.1. The first-order chi connectivity index (χ1) is 13.2. The van der Waals surface area contributed by atoms with Crippen LogP contribution in [0, 0.1) is 27.7 Å². The lowest BCUT2D eigenvalue weighted by Gasteiger charge is -2.10. The van der Waals surface area contributed by atoms with Gasteiger partial charge in [-0.1, -0.05) is 22.9 Å². The number of benzene rings is 2. The predicted molar refractivity (Wildman–Crippen MR) is 107 cm³/mol. The number of hydrogen-bond acceptors (Lipinski definition) is 5. The number of aromatic nitrogens is 1. The molecule has 1 amide bonds. The molecule has 0 aliphatic carbocycles. The molecule has 7 nitrogen and oxygen atoms in total. The molecule has 0 aliphatic rings. The quantitative estimate of drug-likeness (QED) is 0.676. The van der Waals surface area contributed by atoms with E-state index < -0.39 is 10.0 Å². The number of aryl methyl sites for hydroxylation is 4. The molecular weight excluding hydrogens is 378 g/mol. The van der Waals surface area contributed by atoms with Gasteiger partial charge in [0.15, 0.2) is 10.7 Å². The van der Waals surface area contributed by atoms with Crippen molar-refractivity contribution < 1.29 is 17.7 Å². The molecular formula is C20H21N3O4S. The summed E-state index contributed by atoms with van der Waals surface area (Å²) in [4.78, 5) is 12.5. The van der Waals surface area contributed by atoms with Crippen LogP contribution in [-0.2, 0) is 10.0 Å². The number of nitrogens with one attached hydrogen (secondary N) is 2. The van der Waals surface area contributed by atoms with Crippen molar-refractivity contribution in [3.05, 3.63) is 70.6 Å². The molecule has 0 bridgehead atoms. The fraction of sp³-hybridized carbons (Fsp3) is 0.200. The first-order valence-corrected chi connectivity index (χ1v) is 10.1. The zero-order chi connectivity index (χ0) is 20.5. The minimum atomic E-state index is -3.83. The van der Waals surface area contributed by atoms with Crippen LogP contribution in [0.4, 0.5) is 11.4 Å². The first kappa shape index (κ1) is 19.6. The predicted octanol–water partition coefficient (Wildman–Crippen LogP) is 3.96. The van der Waals surface area contributed by atoms with E-state index in [9.17, 15) is 13.2 Å². The molecule has 2 aromatic carbocycles. The molecule has 0 radical (unpaired) electrons. The summed E-state index contributed by atoms with van der Waals surface area (Å²) in [6, 6.07) is 12.0. The normalized spacial score (nSPS) is 11.3. The summed E-state index contributed by atoms with van der Waals surface area (Å²) < 4.78 is 32.5. The van der Waals surface area contributed by atoms with Gasteiger partial charge in [0.1, 0.15) is 5.69 Å². The summed E-state index contributed by atoms with van der Waals surface area (Å²) in [5, 5.41) is 6.53. The first-order valence-electron chi connectivity index (χ1n) is 8.62. The monoisotopic (exact) mass is 399 g/mol. The number of carbonyl (C=O) groups excluding carboxylic acids is 1. The van der Waals surface area contributed by atoms with E-state index in [1.54, 1.807) is 19.1 Å². The molecule has 2 N–H and O–H groups in total. The molecule has 146 valence electrons. The van der Waals surface area contributed by atoms with Crippen molar-refractivity contribution in [2.75, 3.05) is 10.0 Å². The van der Waals surface area contributed by atoms with Gasteiger partial charge in [-0.3, -0.25) is 9.52 Å². The lowest BCUT2D eigenvalue weighted by Crippen LogP contribution is -2.15. The van der Waals surface area contributed by atoms with E-state index in [0.29, 0.717) is 11.3 Å². The Kier molecular flexibility index (Phi) is 5.24. The molecule has 28 heavy (non-hydrogen) atoms. The van der Waals surface area contributed by atoms with Gasteiger partial charge >= 0.3 is 0 Å². The Morgan fingerprint density at radius 3 is 2.25 bits per heavy atom. The second kappa shape index (κ2) is 7.47. The Balaban J connectivity index is 1.75. The van der Waals surface area contributed by atoms with Gasteiger partial charge in [0.05, 0.1) is 0 Å². The molecule has 1 aromatic heterocycles. The van der Waals surface area contributed by atoms with Crippen molar-refractivity contribution >= 4 is 27.3 Å². The number of anilines is 2. The summed E-state index contributed by atoms with van der Waals surface area (Å²) in [6.45, 7) is 7.01. The van der Waals surface area contributed by atoms with E-state index in [1.807, 2.05) is 32.0 Å². The molecule has 0 unspecified atom stereocenters. The molecule has 0 atom stereocenters. The second-order valence-corrected chi connectivity index (χ2v) is 8.23. The third-order valence-corrected chi connectivity index (χ3v) is 5.89. The van der Waals surface area contributed by atoms with Gasteiger partial charge < -0.3 is 9.84 Å². The standard InChI is InChI=1S/C20H21N3O4S/c1-12-5-10-18(13(2)11-12)21-20(24)16-6-8-17(9-7-16)23-28(25,26)19-14(3)22-27-15(19)4/h5-11,23H,1-4H3,(H,21,24). The highest BCUT2D eigenvalue weighted by molar-refractivity contribution is 7.92. The number of carbonyl (C=O) groups is 1. The molecule has 0 spiro atoms. The molecule has 0 aliphatic heterocycles. The number of amides is 1. The van der Waals surface area contributed by atoms with E-state index in [-0.39, 0.29) is 22.3 Å². The number of sulfonamides is 1. The van der Waals surface area contributed by atoms with Crippen LogP contribution in [0.5, 0.6) is 0 Å². The smallest absolute Gasteiger partial charge is 0.267 e. The van der Waals surface area contributed by atoms with Crippen molar-refractivity contribution in [3.63, 3.8) is 0 Å². The van der Waals surface area contributed by atoms with Crippen LogP contribution in [-0.4, -0.2) is 19.5 Å². The van der Waals surface area contributed by atoms with Crippen LogP contribution in [0.1, 0.15) is 32.9 Å². The fourth-order valence-corrected chi connectivity index (χ4v) is 4.29. The molecule has 1 heterocycles. The van der Waals surface area contributed by atoms with Gasteiger partial charge in [-0.15, -0.1) is 0 Å². The zero-order valence-corrected chi connectivity index (χ0v) is 16.8. The minimum absolute atomic E-state index is 0.0177. The average molecular weight is 399 g/mol. The lowest BCUT2D eigenvalue weighted by molar-refractivity contribution is 0.102. The Labute approximate surface area is 163 Å². The molecule has 8 heteroatoms. The number of rotatable bonds is 5. The van der Waals surface area contributed by atoms with Gasteiger partial charge in [-0.2, -0.15) is 0 Å². The van der Waals surface area contributed by atoms with Crippen LogP contribution in [0.25, 0.3) is 0 Å². The van der Waals surface area contributed by atoms with E-state index >= 15 is 0 Å². The topological polar surface area (TPSA) is 101 Å². The highest BCUT2D eigenvalue weighted by atomic mass is 32.2. The van der Waals surface area contributed by atoms with Gasteiger partial charge in [0.25, 0.3) is 15.9 Å². The van der Waals surface area contributed by atoms with Gasteiger partial charge in [-0.05, 0) is 63.6 Å². The maximum Gasteiger partial charge on any atom is 0.267 e. The van der Waals surface area contributed by atoms with Crippen LogP contribution in [0.2, 0.25) is 0 Å². The van der Waals surface area contributed by atoms with Crippen molar-refractivity contribution in [2.24, 2.45) is 0 Å². The second-order valence-electron chi connectivity index (χ2n) is 6.61. The number of nitrogens with zero attached hydrogens (tertiary/aromatic N) is 1. The highest BCUT2D eigenvalue weighted by Gasteiger charge is 2.24. The summed E-state index contributed by atoms with van der Waals surface area (Å²) in [7, 11) is -3.83. The number of hydrogen-bond donors (Lipinski definition) is 2. The van der Waals surface area contributed by atoms with Crippen LogP contribution in [0.15, 0.2) is 51.9 Å². The summed E-state index contributed by atoms with van der Waals surface area (Å²) in [5.41, 5.74) is 3.86. The molecule has 3 rings (SSSR count). The molecule has 0 saturated carbocycles. The van der Waals surface area contributed by atoms with Gasteiger partial charge in [-0.25, -0.2) is 8.42 Å². The summed E-state index contributed by atoms with van der Waals surface area (Å²) in [6.07, 6.45) is 0. The van der Waals surface area contributed by atoms with Gasteiger partial charge in [0.2, 0.25) is 0 Å². The van der Waals surface area contributed by atoms with Gasteiger partial charge in [0, 0.05) is 16.9 Å². The van der Waals surface area contributed by atoms with Crippen LogP contribution in [0.3, 0.4) is 0 Å². The van der Waals surface area contributed by atoms with Crippen molar-refractivity contribution in [1.82, 2.24) is 5.16 Å². The van der Waals surface area contributed by atoms with Crippen LogP contribution < -0.4 is 10.0 Å². The third kappa shape index (κ3) is 4.07. The Morgan fingerprint density at radius 2 is 1.68 bits per heavy atom. The fourth-order valence-electron chi connectivity index (χ4n) is 2.90. The Morgan fingerprint density at radius 1 is 1.00 bits per heavy atom. The molecule has 3 aromatic rings. The van der Waals surface area contributed by atoms with Crippen molar-refractivity contribution in [1.29, 1.82) is 0 Å². The molecule has 0 fully saturated rings. The minimum Gasteiger partial charge on any atom is -0.360 e. The van der Waals surface area contributed by atoms with E-state index in [0.717, 1.165) is 16.8 Å². The van der Waals surface area contributed by atoms with Crippen molar-refractivity contribution in [3.8, 4) is 0 Å². The Hall–Kier alpha value is -3.13. The average Bonchev–Trinajstić information content (AvgIpc) is 2.97. The van der Waals surface area contributed by atoms with E-state index in [2.05, 4.69) is 15.2 Å². The van der Waals surface area contributed by atoms with Crippen molar-refractivity contribution in [2.45, 2.75) is 32.6 Å². The summed E-state index contributed by atoms with van der Waals surface area (Å²) >= 11 is 0. The highest BCUT2D eigenvalue weighted by Crippen LogP contribution is 2.23. The third-order valence-electron chi connectivity index (χ3n) is 4.27. The maximum absolute atomic E-state index is 12.5. The Bertz CT molecular complexity index is 1110. The zero-order valence-electron chi connectivity index (χ0n) is 16.0. The largest absolute Gasteiger partial charge is 0.360 e. The SMILES string of the molecule is Cc1ccc(NC(=O)c2ccc(NS(=O)(=O)c3c(C)noc3C)cc2)c(C)c1. The molecule has 0 saturated heterocycles. The maximum atomic E-state index is 12.5.